The molecule has 0 radical (unpaired) electrons. The molecule has 0 atom stereocenters. The molecule has 0 aliphatic rings. The summed E-state index contributed by atoms with van der Waals surface area (Å²) in [5.74, 6) is 0. The van der Waals surface area contributed by atoms with Crippen LogP contribution >= 0.6 is 0 Å². The Balaban J connectivity index is 1.34. The molecule has 2 nitrogen and oxygen atoms in total. The van der Waals surface area contributed by atoms with Gasteiger partial charge in [0.25, 0.3) is 0 Å². The first-order chi connectivity index (χ1) is 22.3. The number of hydrogen-bond acceptors (Lipinski definition) is 1. The van der Waals surface area contributed by atoms with Gasteiger partial charge in [-0.3, -0.25) is 0 Å². The van der Waals surface area contributed by atoms with Crippen molar-refractivity contribution in [3.05, 3.63) is 176 Å². The van der Waals surface area contributed by atoms with Gasteiger partial charge in [-0.05, 0) is 57.1 Å². The van der Waals surface area contributed by atoms with E-state index in [1.54, 1.807) is 0 Å². The Morgan fingerprint density at radius 3 is 1.33 bits per heavy atom. The summed E-state index contributed by atoms with van der Waals surface area (Å²) in [6, 6.07) is 64.1. The maximum absolute atomic E-state index is 6.49. The summed E-state index contributed by atoms with van der Waals surface area (Å²) >= 11 is 0. The van der Waals surface area contributed by atoms with E-state index < -0.39 is 8.07 Å². The first-order valence-corrected chi connectivity index (χ1v) is 17.4. The monoisotopic (exact) mass is 591 g/mol. The Bertz CT molecular complexity index is 2330. The minimum Gasteiger partial charge on any atom is -0.456 e. The van der Waals surface area contributed by atoms with Gasteiger partial charge in [0.15, 0.2) is 8.07 Å². The third-order valence-corrected chi connectivity index (χ3v) is 14.1. The zero-order chi connectivity index (χ0) is 29.8. The van der Waals surface area contributed by atoms with Crippen molar-refractivity contribution in [3.63, 3.8) is 0 Å². The minimum atomic E-state index is -2.66. The van der Waals surface area contributed by atoms with Crippen molar-refractivity contribution in [1.82, 2.24) is 4.57 Å². The van der Waals surface area contributed by atoms with E-state index >= 15 is 0 Å². The average molecular weight is 592 g/mol. The Labute approximate surface area is 262 Å². The van der Waals surface area contributed by atoms with Crippen LogP contribution in [0.2, 0.25) is 0 Å². The normalized spacial score (nSPS) is 12.0. The van der Waals surface area contributed by atoms with Gasteiger partial charge < -0.3 is 8.98 Å². The fraction of sp³-hybridized carbons (Fsp3) is 0. The zero-order valence-electron chi connectivity index (χ0n) is 24.6. The van der Waals surface area contributed by atoms with Crippen LogP contribution in [0.5, 0.6) is 0 Å². The van der Waals surface area contributed by atoms with E-state index in [4.69, 9.17) is 4.42 Å². The van der Waals surface area contributed by atoms with Gasteiger partial charge in [-0.15, -0.1) is 0 Å². The standard InChI is InChI=1S/C42H29NOSi/c1-4-14-31(15-5-1)45(32-16-6-2-7-17-32,33-18-8-3-9-19-33)34-25-27-42-38(29-34)37-28-30(24-26-41(37)44-42)43-39-22-12-10-20-35(39)36-21-11-13-23-40(36)43/h1-29H. The van der Waals surface area contributed by atoms with Gasteiger partial charge in [-0.1, -0.05) is 140 Å². The molecule has 0 saturated carbocycles. The highest BCUT2D eigenvalue weighted by molar-refractivity contribution is 7.20. The molecule has 7 aromatic carbocycles. The maximum Gasteiger partial charge on any atom is 0.179 e. The lowest BCUT2D eigenvalue weighted by Gasteiger charge is -2.34. The lowest BCUT2D eigenvalue weighted by atomic mass is 10.1. The highest BCUT2D eigenvalue weighted by atomic mass is 28.3. The number of rotatable bonds is 5. The van der Waals surface area contributed by atoms with Gasteiger partial charge in [-0.25, -0.2) is 0 Å². The molecule has 3 heteroatoms. The van der Waals surface area contributed by atoms with Gasteiger partial charge >= 0.3 is 0 Å². The number of benzene rings is 7. The second-order valence-electron chi connectivity index (χ2n) is 11.7. The van der Waals surface area contributed by atoms with Gasteiger partial charge in [0.05, 0.1) is 11.0 Å². The molecule has 0 N–H and O–H groups in total. The van der Waals surface area contributed by atoms with Crippen molar-refractivity contribution in [2.75, 3.05) is 0 Å². The van der Waals surface area contributed by atoms with E-state index in [2.05, 4.69) is 180 Å². The molecule has 45 heavy (non-hydrogen) atoms. The van der Waals surface area contributed by atoms with Gasteiger partial charge in [0, 0.05) is 27.2 Å². The fourth-order valence-corrected chi connectivity index (χ4v) is 12.2. The second-order valence-corrected chi connectivity index (χ2v) is 15.5. The van der Waals surface area contributed by atoms with Crippen LogP contribution in [0.25, 0.3) is 49.4 Å². The van der Waals surface area contributed by atoms with Crippen molar-refractivity contribution in [2.45, 2.75) is 0 Å². The van der Waals surface area contributed by atoms with Gasteiger partial charge in [0.2, 0.25) is 0 Å². The fourth-order valence-electron chi connectivity index (χ4n) is 7.40. The number of para-hydroxylation sites is 2. The number of aromatic nitrogens is 1. The third kappa shape index (κ3) is 3.88. The molecule has 0 aliphatic heterocycles. The quantitative estimate of drug-likeness (QED) is 0.146. The lowest BCUT2D eigenvalue weighted by molar-refractivity contribution is 0.669. The SMILES string of the molecule is c1ccc([Si](c2ccccc2)(c2ccccc2)c2ccc3oc4ccc(-n5c6ccccc6c6ccccc65)cc4c3c2)cc1. The summed E-state index contributed by atoms with van der Waals surface area (Å²) in [6.45, 7) is 0. The summed E-state index contributed by atoms with van der Waals surface area (Å²) in [5, 5.41) is 10.2. The molecule has 0 unspecified atom stereocenters. The molecule has 2 aromatic heterocycles. The van der Waals surface area contributed by atoms with E-state index in [0.717, 1.165) is 27.6 Å². The topological polar surface area (TPSA) is 18.1 Å². The predicted molar refractivity (Wildman–Crippen MR) is 192 cm³/mol. The van der Waals surface area contributed by atoms with Crippen molar-refractivity contribution >= 4 is 72.6 Å². The summed E-state index contributed by atoms with van der Waals surface area (Å²) < 4.78 is 8.87. The third-order valence-electron chi connectivity index (χ3n) is 9.34. The van der Waals surface area contributed by atoms with Crippen LogP contribution < -0.4 is 20.7 Å². The van der Waals surface area contributed by atoms with Crippen LogP contribution in [0, 0.1) is 0 Å². The van der Waals surface area contributed by atoms with E-state index in [-0.39, 0.29) is 0 Å². The number of nitrogens with zero attached hydrogens (tertiary/aromatic N) is 1. The highest BCUT2D eigenvalue weighted by Crippen LogP contribution is 2.35. The molecule has 0 aliphatic carbocycles. The smallest absolute Gasteiger partial charge is 0.179 e. The molecule has 9 rings (SSSR count). The molecule has 0 saturated heterocycles. The van der Waals surface area contributed by atoms with E-state index in [1.165, 1.54) is 42.6 Å². The van der Waals surface area contributed by atoms with Crippen LogP contribution in [0.1, 0.15) is 0 Å². The number of furan rings is 1. The Kier molecular flexibility index (Phi) is 5.87. The molecule has 0 fully saturated rings. The molecule has 2 heterocycles. The molecule has 0 bridgehead atoms. The van der Waals surface area contributed by atoms with Crippen molar-refractivity contribution in [3.8, 4) is 5.69 Å². The molecule has 9 aromatic rings. The van der Waals surface area contributed by atoms with Crippen molar-refractivity contribution < 1.29 is 4.42 Å². The summed E-state index contributed by atoms with van der Waals surface area (Å²) in [5.41, 5.74) is 5.35. The predicted octanol–water partition coefficient (Wildman–Crippen LogP) is 8.06. The van der Waals surface area contributed by atoms with Crippen LogP contribution in [-0.4, -0.2) is 12.6 Å². The Morgan fingerprint density at radius 1 is 0.356 bits per heavy atom. The van der Waals surface area contributed by atoms with Gasteiger partial charge in [0.1, 0.15) is 11.2 Å². The van der Waals surface area contributed by atoms with E-state index in [0.29, 0.717) is 0 Å². The average Bonchev–Trinajstić information content (AvgIpc) is 3.65. The van der Waals surface area contributed by atoms with E-state index in [1.807, 2.05) is 0 Å². The summed E-state index contributed by atoms with van der Waals surface area (Å²) in [4.78, 5) is 0. The minimum absolute atomic E-state index is 0.901. The zero-order valence-corrected chi connectivity index (χ0v) is 25.6. The van der Waals surface area contributed by atoms with Crippen LogP contribution in [-0.2, 0) is 0 Å². The molecular weight excluding hydrogens is 563 g/mol. The lowest BCUT2D eigenvalue weighted by Crippen LogP contribution is -2.74. The largest absolute Gasteiger partial charge is 0.456 e. The number of fused-ring (bicyclic) bond motifs is 6. The van der Waals surface area contributed by atoms with E-state index in [9.17, 15) is 0 Å². The van der Waals surface area contributed by atoms with Crippen LogP contribution in [0.3, 0.4) is 0 Å². The molecule has 0 spiro atoms. The second kappa shape index (κ2) is 10.2. The van der Waals surface area contributed by atoms with Gasteiger partial charge in [-0.2, -0.15) is 0 Å². The molecule has 0 amide bonds. The Morgan fingerprint density at radius 2 is 0.800 bits per heavy atom. The van der Waals surface area contributed by atoms with Crippen LogP contribution in [0.4, 0.5) is 0 Å². The van der Waals surface area contributed by atoms with Crippen molar-refractivity contribution in [2.24, 2.45) is 0 Å². The summed E-state index contributed by atoms with van der Waals surface area (Å²) in [6.07, 6.45) is 0. The molecule has 212 valence electrons. The maximum atomic E-state index is 6.49. The number of hydrogen-bond donors (Lipinski definition) is 0. The summed E-state index contributed by atoms with van der Waals surface area (Å²) in [7, 11) is -2.66. The first kappa shape index (κ1) is 25.8. The molecular formula is C42H29NOSi. The first-order valence-electron chi connectivity index (χ1n) is 15.4. The van der Waals surface area contributed by atoms with Crippen LogP contribution in [0.15, 0.2) is 180 Å². The van der Waals surface area contributed by atoms with Crippen molar-refractivity contribution in [1.29, 1.82) is 0 Å². The highest BCUT2D eigenvalue weighted by Gasteiger charge is 2.41. The Hall–Kier alpha value is -5.64.